The summed E-state index contributed by atoms with van der Waals surface area (Å²) in [6.07, 6.45) is 2.77. The molecule has 21 heavy (non-hydrogen) atoms. The second-order valence-corrected chi connectivity index (χ2v) is 4.48. The first kappa shape index (κ1) is 14.7. The highest BCUT2D eigenvalue weighted by Gasteiger charge is 2.03. The molecule has 0 atom stereocenters. The van der Waals surface area contributed by atoms with Crippen molar-refractivity contribution in [2.75, 3.05) is 5.32 Å². The van der Waals surface area contributed by atoms with Crippen LogP contribution in [0.4, 0.5) is 10.1 Å². The molecule has 3 nitrogen and oxygen atoms in total. The van der Waals surface area contributed by atoms with E-state index in [4.69, 9.17) is 0 Å². The standard InChI is InChI=1S/C17H14FNO2/c1-12(20)19-15-9-6-14(7-10-15)17(21)11-8-13-4-2-3-5-16(13)18/h2-11H,1H3,(H,19,20)/b11-8+. The second-order valence-electron chi connectivity index (χ2n) is 4.48. The van der Waals surface area contributed by atoms with Crippen LogP contribution in [-0.4, -0.2) is 11.7 Å². The van der Waals surface area contributed by atoms with Crippen molar-refractivity contribution in [3.8, 4) is 0 Å². The Morgan fingerprint density at radius 2 is 1.71 bits per heavy atom. The molecular formula is C17H14FNO2. The Balaban J connectivity index is 2.10. The monoisotopic (exact) mass is 283 g/mol. The van der Waals surface area contributed by atoms with Gasteiger partial charge in [-0.05, 0) is 42.5 Å². The van der Waals surface area contributed by atoms with Crippen molar-refractivity contribution >= 4 is 23.5 Å². The van der Waals surface area contributed by atoms with Gasteiger partial charge in [-0.1, -0.05) is 18.2 Å². The molecule has 0 bridgehead atoms. The van der Waals surface area contributed by atoms with Crippen molar-refractivity contribution in [3.63, 3.8) is 0 Å². The first-order valence-electron chi connectivity index (χ1n) is 6.41. The predicted octanol–water partition coefficient (Wildman–Crippen LogP) is 3.68. The number of anilines is 1. The van der Waals surface area contributed by atoms with Crippen LogP contribution in [0.1, 0.15) is 22.8 Å². The van der Waals surface area contributed by atoms with E-state index < -0.39 is 0 Å². The maximum Gasteiger partial charge on any atom is 0.221 e. The van der Waals surface area contributed by atoms with Gasteiger partial charge in [0.25, 0.3) is 0 Å². The molecule has 0 unspecified atom stereocenters. The van der Waals surface area contributed by atoms with Gasteiger partial charge in [-0.25, -0.2) is 4.39 Å². The van der Waals surface area contributed by atoms with Crippen LogP contribution in [0.5, 0.6) is 0 Å². The number of halogens is 1. The largest absolute Gasteiger partial charge is 0.326 e. The van der Waals surface area contributed by atoms with Crippen LogP contribution >= 0.6 is 0 Å². The Morgan fingerprint density at radius 1 is 1.05 bits per heavy atom. The minimum Gasteiger partial charge on any atom is -0.326 e. The summed E-state index contributed by atoms with van der Waals surface area (Å²) in [5.41, 5.74) is 1.45. The van der Waals surface area contributed by atoms with Crippen LogP contribution in [-0.2, 0) is 4.79 Å². The smallest absolute Gasteiger partial charge is 0.221 e. The number of amides is 1. The SMILES string of the molecule is CC(=O)Nc1ccc(C(=O)/C=C/c2ccccc2F)cc1. The maximum atomic E-state index is 13.4. The predicted molar refractivity (Wildman–Crippen MR) is 80.5 cm³/mol. The molecule has 0 aliphatic rings. The number of nitrogens with one attached hydrogen (secondary N) is 1. The van der Waals surface area contributed by atoms with E-state index in [0.29, 0.717) is 16.8 Å². The summed E-state index contributed by atoms with van der Waals surface area (Å²) in [6.45, 7) is 1.41. The molecule has 0 aliphatic carbocycles. The zero-order valence-electron chi connectivity index (χ0n) is 11.5. The highest BCUT2D eigenvalue weighted by molar-refractivity contribution is 6.07. The molecule has 2 aromatic rings. The summed E-state index contributed by atoms with van der Waals surface area (Å²) >= 11 is 0. The van der Waals surface area contributed by atoms with Crippen molar-refractivity contribution in [2.45, 2.75) is 6.92 Å². The average Bonchev–Trinajstić information content (AvgIpc) is 2.46. The molecule has 1 amide bonds. The molecule has 1 N–H and O–H groups in total. The van der Waals surface area contributed by atoms with E-state index in [2.05, 4.69) is 5.32 Å². The Kier molecular flexibility index (Phi) is 4.61. The summed E-state index contributed by atoms with van der Waals surface area (Å²) in [7, 11) is 0. The molecule has 0 aliphatic heterocycles. The molecule has 0 saturated carbocycles. The van der Waals surface area contributed by atoms with Gasteiger partial charge in [-0.2, -0.15) is 0 Å². The summed E-state index contributed by atoms with van der Waals surface area (Å²) in [5, 5.41) is 2.62. The lowest BCUT2D eigenvalue weighted by Crippen LogP contribution is -2.05. The summed E-state index contributed by atoms with van der Waals surface area (Å²) < 4.78 is 13.4. The summed E-state index contributed by atoms with van der Waals surface area (Å²) in [4.78, 5) is 22.9. The van der Waals surface area contributed by atoms with Crippen LogP contribution in [0.3, 0.4) is 0 Å². The van der Waals surface area contributed by atoms with E-state index in [9.17, 15) is 14.0 Å². The van der Waals surface area contributed by atoms with Crippen molar-refractivity contribution < 1.29 is 14.0 Å². The fourth-order valence-electron chi connectivity index (χ4n) is 1.79. The second kappa shape index (κ2) is 6.61. The maximum absolute atomic E-state index is 13.4. The third-order valence-electron chi connectivity index (χ3n) is 2.81. The van der Waals surface area contributed by atoms with E-state index in [0.717, 1.165) is 0 Å². The molecule has 106 valence electrons. The quantitative estimate of drug-likeness (QED) is 0.687. The lowest BCUT2D eigenvalue weighted by molar-refractivity contribution is -0.114. The molecule has 0 aromatic heterocycles. The number of rotatable bonds is 4. The number of carbonyl (C=O) groups is 2. The van der Waals surface area contributed by atoms with Gasteiger partial charge in [0.15, 0.2) is 5.78 Å². The molecule has 0 spiro atoms. The Hall–Kier alpha value is -2.75. The van der Waals surface area contributed by atoms with Gasteiger partial charge in [0.05, 0.1) is 0 Å². The van der Waals surface area contributed by atoms with Gasteiger partial charge in [0, 0.05) is 23.7 Å². The lowest BCUT2D eigenvalue weighted by atomic mass is 10.1. The third-order valence-corrected chi connectivity index (χ3v) is 2.81. The fraction of sp³-hybridized carbons (Fsp3) is 0.0588. The van der Waals surface area contributed by atoms with Crippen LogP contribution in [0.2, 0.25) is 0 Å². The van der Waals surface area contributed by atoms with Gasteiger partial charge >= 0.3 is 0 Å². The molecular weight excluding hydrogens is 269 g/mol. The number of ketones is 1. The Bertz CT molecular complexity index is 690. The topological polar surface area (TPSA) is 46.2 Å². The molecule has 2 aromatic carbocycles. The van der Waals surface area contributed by atoms with Crippen LogP contribution in [0.15, 0.2) is 54.6 Å². The summed E-state index contributed by atoms with van der Waals surface area (Å²) in [6, 6.07) is 12.7. The first-order valence-corrected chi connectivity index (χ1v) is 6.41. The summed E-state index contributed by atoms with van der Waals surface area (Å²) in [5.74, 6) is -0.774. The number of benzene rings is 2. The zero-order chi connectivity index (χ0) is 15.2. The van der Waals surface area contributed by atoms with Crippen molar-refractivity contribution in [1.29, 1.82) is 0 Å². The first-order chi connectivity index (χ1) is 10.1. The van der Waals surface area contributed by atoms with Crippen LogP contribution < -0.4 is 5.32 Å². The van der Waals surface area contributed by atoms with E-state index in [1.54, 1.807) is 42.5 Å². The number of hydrogen-bond acceptors (Lipinski definition) is 2. The molecule has 0 fully saturated rings. The Labute approximate surface area is 122 Å². The average molecular weight is 283 g/mol. The number of hydrogen-bond donors (Lipinski definition) is 1. The van der Waals surface area contributed by atoms with Gasteiger partial charge in [-0.3, -0.25) is 9.59 Å². The zero-order valence-corrected chi connectivity index (χ0v) is 11.5. The molecule has 0 saturated heterocycles. The van der Waals surface area contributed by atoms with Crippen LogP contribution in [0, 0.1) is 5.82 Å². The van der Waals surface area contributed by atoms with Crippen molar-refractivity contribution in [2.24, 2.45) is 0 Å². The van der Waals surface area contributed by atoms with Gasteiger partial charge in [0.2, 0.25) is 5.91 Å². The van der Waals surface area contributed by atoms with Gasteiger partial charge in [-0.15, -0.1) is 0 Å². The minimum atomic E-state index is -0.373. The lowest BCUT2D eigenvalue weighted by Gasteiger charge is -2.02. The van der Waals surface area contributed by atoms with Crippen LogP contribution in [0.25, 0.3) is 6.08 Å². The fourth-order valence-corrected chi connectivity index (χ4v) is 1.79. The highest BCUT2D eigenvalue weighted by Crippen LogP contribution is 2.12. The number of allylic oxidation sites excluding steroid dienone is 1. The molecule has 0 radical (unpaired) electrons. The van der Waals surface area contributed by atoms with Crippen molar-refractivity contribution in [1.82, 2.24) is 0 Å². The van der Waals surface area contributed by atoms with Gasteiger partial charge < -0.3 is 5.32 Å². The molecule has 4 heteroatoms. The number of carbonyl (C=O) groups excluding carboxylic acids is 2. The Morgan fingerprint density at radius 3 is 2.33 bits per heavy atom. The van der Waals surface area contributed by atoms with Gasteiger partial charge in [0.1, 0.15) is 5.82 Å². The van der Waals surface area contributed by atoms with E-state index in [-0.39, 0.29) is 17.5 Å². The van der Waals surface area contributed by atoms with E-state index in [1.807, 2.05) is 0 Å². The minimum absolute atomic E-state index is 0.173. The van der Waals surface area contributed by atoms with E-state index >= 15 is 0 Å². The third kappa shape index (κ3) is 4.11. The van der Waals surface area contributed by atoms with Crippen molar-refractivity contribution in [3.05, 3.63) is 71.6 Å². The van der Waals surface area contributed by atoms with E-state index in [1.165, 1.54) is 25.1 Å². The molecule has 0 heterocycles. The highest BCUT2D eigenvalue weighted by atomic mass is 19.1. The normalized spacial score (nSPS) is 10.6. The molecule has 2 rings (SSSR count).